The summed E-state index contributed by atoms with van der Waals surface area (Å²) >= 11 is 0. The second-order valence-electron chi connectivity index (χ2n) is 2.67. The molecule has 64 valence electrons. The minimum atomic E-state index is -2.15. The van der Waals surface area contributed by atoms with Crippen LogP contribution >= 0.6 is 0 Å². The van der Waals surface area contributed by atoms with Crippen LogP contribution in [-0.2, 0) is 12.3 Å². The molecule has 3 heterocycles. The van der Waals surface area contributed by atoms with Gasteiger partial charge in [0.05, 0.1) is 0 Å². The predicted molar refractivity (Wildman–Crippen MR) is 48.5 cm³/mol. The van der Waals surface area contributed by atoms with Gasteiger partial charge in [-0.25, -0.2) is 0 Å². The van der Waals surface area contributed by atoms with Gasteiger partial charge in [-0.3, -0.25) is 0 Å². The van der Waals surface area contributed by atoms with E-state index in [0.29, 0.717) is 40.6 Å². The van der Waals surface area contributed by atoms with Gasteiger partial charge in [0, 0.05) is 10.8 Å². The van der Waals surface area contributed by atoms with Crippen molar-refractivity contribution in [1.29, 1.82) is 0 Å². The minimum Gasteiger partial charge on any atom is -0.416 e. The molecule has 2 N–H and O–H groups in total. The summed E-state index contributed by atoms with van der Waals surface area (Å²) < 4.78 is 16.9. The normalized spacial score (nSPS) is 40.2. The van der Waals surface area contributed by atoms with Gasteiger partial charge in [-0.15, -0.1) is 0 Å². The second kappa shape index (κ2) is 3.84. The molecule has 3 fully saturated rings. The molecule has 3 aliphatic rings. The monoisotopic (exact) mass is 231 g/mol. The Bertz CT molecular complexity index is 149. The number of fused-ring (bicyclic) bond motifs is 3. The third-order valence-corrected chi connectivity index (χ3v) is 10.6. The van der Waals surface area contributed by atoms with Crippen LogP contribution in [0.1, 0.15) is 6.42 Å². The Hall–Kier alpha value is 0.708. The van der Waals surface area contributed by atoms with Crippen molar-refractivity contribution in [3.8, 4) is 0 Å². The first kappa shape index (κ1) is 9.27. The van der Waals surface area contributed by atoms with Gasteiger partial charge in [0.2, 0.25) is 29.3 Å². The molecule has 6 radical (unpaired) electrons. The molecule has 0 amide bonds. The Balaban J connectivity index is 1.90. The van der Waals surface area contributed by atoms with Crippen LogP contribution in [0.3, 0.4) is 0 Å². The zero-order valence-electron chi connectivity index (χ0n) is 6.50. The summed E-state index contributed by atoms with van der Waals surface area (Å²) in [5.41, 5.74) is 5.43. The van der Waals surface area contributed by atoms with E-state index in [1.807, 2.05) is 0 Å². The number of hydrogen-bond donors (Lipinski definition) is 1. The molecule has 2 bridgehead atoms. The van der Waals surface area contributed by atoms with E-state index in [2.05, 4.69) is 0 Å². The van der Waals surface area contributed by atoms with Crippen molar-refractivity contribution in [3.05, 3.63) is 0 Å². The molecule has 3 saturated heterocycles. The maximum Gasteiger partial charge on any atom is 0.469 e. The van der Waals surface area contributed by atoms with E-state index in [0.717, 1.165) is 12.5 Å². The molecule has 3 rings (SSSR count). The molecular formula is C4H9NO3Si4. The average Bonchev–Trinajstić information content (AvgIpc) is 2.18. The Morgan fingerprint density at radius 1 is 1.17 bits per heavy atom. The summed E-state index contributed by atoms with van der Waals surface area (Å²) in [7, 11) is -0.293. The van der Waals surface area contributed by atoms with Crippen LogP contribution < -0.4 is 5.73 Å². The van der Waals surface area contributed by atoms with Crippen molar-refractivity contribution in [2.75, 3.05) is 6.54 Å². The summed E-state index contributed by atoms with van der Waals surface area (Å²) in [6, 6.07) is 0.906. The summed E-state index contributed by atoms with van der Waals surface area (Å²) in [4.78, 5) is 0.553. The highest BCUT2D eigenvalue weighted by molar-refractivity contribution is 6.89. The third kappa shape index (κ3) is 1.80. The van der Waals surface area contributed by atoms with Crippen molar-refractivity contribution >= 4 is 38.1 Å². The first-order valence-corrected chi connectivity index (χ1v) is 8.74. The fourth-order valence-electron chi connectivity index (χ4n) is 1.05. The van der Waals surface area contributed by atoms with Crippen molar-refractivity contribution in [2.24, 2.45) is 5.73 Å². The molecule has 4 nitrogen and oxygen atoms in total. The maximum absolute atomic E-state index is 5.65. The Labute approximate surface area is 80.3 Å². The Morgan fingerprint density at radius 3 is 2.25 bits per heavy atom. The molecule has 0 aromatic carbocycles. The Morgan fingerprint density at radius 2 is 1.75 bits per heavy atom. The van der Waals surface area contributed by atoms with E-state index in [1.165, 1.54) is 0 Å². The van der Waals surface area contributed by atoms with Crippen LogP contribution in [0, 0.1) is 0 Å². The molecular weight excluding hydrogens is 222 g/mol. The lowest BCUT2D eigenvalue weighted by Crippen LogP contribution is -2.60. The summed E-state index contributed by atoms with van der Waals surface area (Å²) in [5.74, 6) is 0. The van der Waals surface area contributed by atoms with Gasteiger partial charge in [0.25, 0.3) is 0 Å². The van der Waals surface area contributed by atoms with E-state index < -0.39 is 8.80 Å². The molecule has 3 aliphatic heterocycles. The lowest BCUT2D eigenvalue weighted by Gasteiger charge is -2.41. The van der Waals surface area contributed by atoms with Crippen LogP contribution in [0.15, 0.2) is 0 Å². The van der Waals surface area contributed by atoms with Gasteiger partial charge in [-0.05, 0) is 13.0 Å². The third-order valence-electron chi connectivity index (χ3n) is 1.68. The van der Waals surface area contributed by atoms with Crippen LogP contribution in [0.2, 0.25) is 10.8 Å². The molecule has 0 atom stereocenters. The largest absolute Gasteiger partial charge is 0.469 e. The maximum atomic E-state index is 5.65. The summed E-state index contributed by atoms with van der Waals surface area (Å²) in [6.07, 6.45) is 0.955. The van der Waals surface area contributed by atoms with E-state index in [1.54, 1.807) is 0 Å². The first-order chi connectivity index (χ1) is 5.85. The van der Waals surface area contributed by atoms with Gasteiger partial charge in [0.1, 0.15) is 0 Å². The SMILES string of the molecule is NCCC[Si]12O[Si]C([Si]O1)[Si]O2. The molecule has 0 saturated carbocycles. The van der Waals surface area contributed by atoms with E-state index >= 15 is 0 Å². The quantitative estimate of drug-likeness (QED) is 0.628. The second-order valence-corrected chi connectivity index (χ2v) is 11.2. The lowest BCUT2D eigenvalue weighted by atomic mass is 10.5. The highest BCUT2D eigenvalue weighted by atomic mass is 28.5. The van der Waals surface area contributed by atoms with Crippen LogP contribution in [0.4, 0.5) is 0 Å². The van der Waals surface area contributed by atoms with Crippen molar-refractivity contribution < 1.29 is 12.3 Å². The van der Waals surface area contributed by atoms with E-state index in [4.69, 9.17) is 18.1 Å². The van der Waals surface area contributed by atoms with Gasteiger partial charge in [0.15, 0.2) is 0 Å². The topological polar surface area (TPSA) is 53.7 Å². The van der Waals surface area contributed by atoms with Crippen molar-refractivity contribution in [1.82, 2.24) is 0 Å². The molecule has 0 aliphatic carbocycles. The van der Waals surface area contributed by atoms with Gasteiger partial charge in [-0.1, -0.05) is 0 Å². The summed E-state index contributed by atoms with van der Waals surface area (Å²) in [5, 5.41) is 0. The van der Waals surface area contributed by atoms with Crippen LogP contribution in [0.5, 0.6) is 0 Å². The number of nitrogens with two attached hydrogens (primary N) is 1. The summed E-state index contributed by atoms with van der Waals surface area (Å²) in [6.45, 7) is 0.698. The highest BCUT2D eigenvalue weighted by Crippen LogP contribution is 2.29. The van der Waals surface area contributed by atoms with Gasteiger partial charge in [-0.2, -0.15) is 0 Å². The van der Waals surface area contributed by atoms with E-state index in [-0.39, 0.29) is 0 Å². The molecule has 8 heteroatoms. The molecule has 0 aromatic heterocycles. The molecule has 12 heavy (non-hydrogen) atoms. The van der Waals surface area contributed by atoms with Crippen molar-refractivity contribution in [2.45, 2.75) is 17.3 Å². The standard InChI is InChI=1S/C4H9NO3Si4/c5-2-1-3-12-6-9-4(10-7-12)11-8-12/h4H,1-3,5H2. The molecule has 0 unspecified atom stereocenters. The fraction of sp³-hybridized carbons (Fsp3) is 1.00. The minimum absolute atomic E-state index is 0.553. The van der Waals surface area contributed by atoms with Gasteiger partial charge < -0.3 is 18.1 Å². The van der Waals surface area contributed by atoms with Crippen LogP contribution in [-0.4, -0.2) is 44.6 Å². The zero-order valence-corrected chi connectivity index (χ0v) is 10.5. The molecule has 0 spiro atoms. The Kier molecular flexibility index (Phi) is 2.96. The van der Waals surface area contributed by atoms with Crippen LogP contribution in [0.25, 0.3) is 0 Å². The van der Waals surface area contributed by atoms with Crippen molar-refractivity contribution in [3.63, 3.8) is 0 Å². The lowest BCUT2D eigenvalue weighted by molar-refractivity contribution is 0.250. The van der Waals surface area contributed by atoms with Gasteiger partial charge >= 0.3 is 8.80 Å². The zero-order chi connectivity index (χ0) is 8.44. The smallest absolute Gasteiger partial charge is 0.416 e. The highest BCUT2D eigenvalue weighted by Gasteiger charge is 2.50. The number of rotatable bonds is 3. The predicted octanol–water partition coefficient (Wildman–Crippen LogP) is -1.09. The number of hydrogen-bond acceptors (Lipinski definition) is 4. The first-order valence-electron chi connectivity index (χ1n) is 3.85. The fourth-order valence-corrected chi connectivity index (χ4v) is 11.9. The molecule has 0 aromatic rings. The van der Waals surface area contributed by atoms with E-state index in [9.17, 15) is 0 Å². The average molecular weight is 231 g/mol.